The lowest BCUT2D eigenvalue weighted by Crippen LogP contribution is -3.00. The number of nitrogens with one attached hydrogen (secondary N) is 1. The quantitative estimate of drug-likeness (QED) is 0.227. The van der Waals surface area contributed by atoms with Gasteiger partial charge in [0.2, 0.25) is 6.54 Å². The van der Waals surface area contributed by atoms with Crippen LogP contribution < -0.4 is 28.2 Å². The number of hydrogen-bond acceptors (Lipinski definition) is 3. The third-order valence-corrected chi connectivity index (χ3v) is 1.90. The minimum absolute atomic E-state index is 0. The number of nitrogen functional groups attached to an aromatic ring is 1. The molecule has 1 heterocycles. The van der Waals surface area contributed by atoms with Crippen molar-refractivity contribution in [1.29, 1.82) is 0 Å². The lowest BCUT2D eigenvalue weighted by atomic mass is 10.3. The van der Waals surface area contributed by atoms with Crippen molar-refractivity contribution in [2.45, 2.75) is 6.54 Å². The first-order valence-corrected chi connectivity index (χ1v) is 4.34. The van der Waals surface area contributed by atoms with Crippen LogP contribution in [-0.2, 0) is 11.3 Å². The monoisotopic (exact) mass is 265 g/mol. The highest BCUT2D eigenvalue weighted by Gasteiger charge is 2.20. The van der Waals surface area contributed by atoms with Gasteiger partial charge in [-0.25, -0.2) is 10.6 Å². The average molecular weight is 266 g/mol. The number of hydrogen-bond donors (Lipinski definition) is 3. The van der Waals surface area contributed by atoms with E-state index in [9.17, 15) is 9.59 Å². The minimum atomic E-state index is -1.06. The van der Waals surface area contributed by atoms with Gasteiger partial charge in [-0.2, -0.15) is 4.57 Å². The molecule has 1 rings (SSSR count). The Bertz CT molecular complexity index is 412. The van der Waals surface area contributed by atoms with Crippen molar-refractivity contribution in [2.75, 3.05) is 0 Å². The fourth-order valence-electron chi connectivity index (χ4n) is 1.06. The molecule has 88 valence electrons. The zero-order valence-corrected chi connectivity index (χ0v) is 9.50. The average Bonchev–Trinajstić information content (AvgIpc) is 2.19. The van der Waals surface area contributed by atoms with E-state index in [1.165, 1.54) is 22.9 Å². The molecule has 8 heteroatoms. The van der Waals surface area contributed by atoms with Crippen LogP contribution in [0.15, 0.2) is 18.3 Å². The summed E-state index contributed by atoms with van der Waals surface area (Å²) in [7, 11) is 0. The van der Waals surface area contributed by atoms with E-state index in [0.717, 1.165) is 0 Å². The molecule has 0 aliphatic rings. The molecule has 0 saturated carbocycles. The summed E-state index contributed by atoms with van der Waals surface area (Å²) in [5.74, 6) is 3.29. The Morgan fingerprint density at radius 2 is 2.19 bits per heavy atom. The predicted molar refractivity (Wildman–Crippen MR) is 50.9 cm³/mol. The molecule has 0 bridgehead atoms. The van der Waals surface area contributed by atoms with Gasteiger partial charge in [-0.1, -0.05) is 11.6 Å². The number of rotatable bonds is 3. The zero-order valence-electron chi connectivity index (χ0n) is 7.98. The molecule has 0 fully saturated rings. The number of halogens is 2. The number of carboxylic acids is 1. The van der Waals surface area contributed by atoms with Crippen LogP contribution in [0.25, 0.3) is 0 Å². The van der Waals surface area contributed by atoms with E-state index in [1.807, 2.05) is 5.43 Å². The topological polar surface area (TPSA) is 96.3 Å². The second kappa shape index (κ2) is 6.26. The Morgan fingerprint density at radius 3 is 2.69 bits per heavy atom. The van der Waals surface area contributed by atoms with E-state index in [4.69, 9.17) is 22.6 Å². The van der Waals surface area contributed by atoms with Gasteiger partial charge in [-0.15, -0.1) is 0 Å². The molecule has 1 aromatic rings. The van der Waals surface area contributed by atoms with Gasteiger partial charge in [0, 0.05) is 12.1 Å². The van der Waals surface area contributed by atoms with Crippen LogP contribution in [0.2, 0.25) is 5.02 Å². The number of hydrazine groups is 1. The second-order valence-electron chi connectivity index (χ2n) is 2.73. The Hall–Kier alpha value is -1.37. The molecule has 0 atom stereocenters. The summed E-state index contributed by atoms with van der Waals surface area (Å²) < 4.78 is 1.23. The lowest BCUT2D eigenvalue weighted by Gasteiger charge is -2.00. The van der Waals surface area contributed by atoms with Gasteiger partial charge < -0.3 is 17.5 Å². The molecule has 0 unspecified atom stereocenters. The highest BCUT2D eigenvalue weighted by molar-refractivity contribution is 6.30. The molecule has 0 spiro atoms. The first kappa shape index (κ1) is 14.6. The van der Waals surface area contributed by atoms with Gasteiger partial charge in [0.05, 0.1) is 5.02 Å². The molecule has 0 aliphatic carbocycles. The number of nitrogens with two attached hydrogens (primary N) is 1. The maximum atomic E-state index is 11.3. The zero-order chi connectivity index (χ0) is 11.4. The largest absolute Gasteiger partial charge is 1.00 e. The minimum Gasteiger partial charge on any atom is -1.00 e. The van der Waals surface area contributed by atoms with Gasteiger partial charge in [0.15, 0.2) is 6.20 Å². The van der Waals surface area contributed by atoms with Crippen molar-refractivity contribution in [3.05, 3.63) is 29.0 Å². The summed E-state index contributed by atoms with van der Waals surface area (Å²) in [6.07, 6.45) is 1.40. The van der Waals surface area contributed by atoms with Crippen LogP contribution >= 0.6 is 11.6 Å². The van der Waals surface area contributed by atoms with E-state index in [1.54, 1.807) is 0 Å². The Labute approximate surface area is 102 Å². The summed E-state index contributed by atoms with van der Waals surface area (Å²) in [6.45, 7) is -0.333. The highest BCUT2D eigenvalue weighted by Crippen LogP contribution is 2.06. The third-order valence-electron chi connectivity index (χ3n) is 1.67. The number of nitrogens with zero attached hydrogens (tertiary/aromatic N) is 1. The fraction of sp³-hybridized carbons (Fsp3) is 0.125. The Balaban J connectivity index is 0.00000225. The number of aromatic nitrogens is 1. The molecule has 0 aromatic carbocycles. The van der Waals surface area contributed by atoms with Crippen molar-refractivity contribution in [1.82, 2.24) is 5.43 Å². The first-order valence-electron chi connectivity index (χ1n) is 3.96. The number of amides is 1. The summed E-state index contributed by atoms with van der Waals surface area (Å²) in [5, 5.41) is 8.93. The Morgan fingerprint density at radius 1 is 1.56 bits per heavy atom. The molecule has 0 radical (unpaired) electrons. The van der Waals surface area contributed by atoms with Crippen molar-refractivity contribution < 1.29 is 31.7 Å². The molecular formula is C8H9Cl2N3O3. The van der Waals surface area contributed by atoms with Gasteiger partial charge >= 0.3 is 11.9 Å². The van der Waals surface area contributed by atoms with Crippen molar-refractivity contribution in [3.8, 4) is 0 Å². The summed E-state index contributed by atoms with van der Waals surface area (Å²) in [4.78, 5) is 21.8. The van der Waals surface area contributed by atoms with E-state index in [0.29, 0.717) is 5.02 Å². The predicted octanol–water partition coefficient (Wildman–Crippen LogP) is -3.68. The molecule has 0 saturated heterocycles. The second-order valence-corrected chi connectivity index (χ2v) is 3.16. The normalized spacial score (nSPS) is 9.12. The summed E-state index contributed by atoms with van der Waals surface area (Å²) >= 11 is 5.67. The van der Waals surface area contributed by atoms with Gasteiger partial charge in [-0.3, -0.25) is 10.2 Å². The standard InChI is InChI=1S/C8H8ClN3O3.ClH/c9-5-1-2-12(4-7(13)14)6(3-5)8(15)11-10;/h1-3,10H,4H2,(H2,13,14,15);1H. The molecule has 1 amide bonds. The van der Waals surface area contributed by atoms with E-state index in [-0.39, 0.29) is 24.6 Å². The number of carbonyl (C=O) groups excluding carboxylic acids is 1. The van der Waals surface area contributed by atoms with Crippen LogP contribution in [0.4, 0.5) is 0 Å². The molecule has 0 aliphatic heterocycles. The first-order chi connectivity index (χ1) is 7.04. The summed E-state index contributed by atoms with van der Waals surface area (Å²) in [6, 6.07) is 2.82. The van der Waals surface area contributed by atoms with Crippen LogP contribution in [-0.4, -0.2) is 17.0 Å². The van der Waals surface area contributed by atoms with Gasteiger partial charge in [0.25, 0.3) is 5.69 Å². The van der Waals surface area contributed by atoms with Crippen molar-refractivity contribution >= 4 is 23.5 Å². The molecule has 16 heavy (non-hydrogen) atoms. The maximum Gasteiger partial charge on any atom is 0.370 e. The van der Waals surface area contributed by atoms with Crippen LogP contribution in [0.1, 0.15) is 10.5 Å². The van der Waals surface area contributed by atoms with Crippen LogP contribution in [0.5, 0.6) is 0 Å². The van der Waals surface area contributed by atoms with Crippen molar-refractivity contribution in [3.63, 3.8) is 0 Å². The van der Waals surface area contributed by atoms with Gasteiger partial charge in [-0.05, 0) is 0 Å². The molecular weight excluding hydrogens is 257 g/mol. The van der Waals surface area contributed by atoms with E-state index >= 15 is 0 Å². The Kier molecular flexibility index (Phi) is 5.73. The number of pyridine rings is 1. The van der Waals surface area contributed by atoms with Crippen LogP contribution in [0.3, 0.4) is 0 Å². The van der Waals surface area contributed by atoms with E-state index < -0.39 is 11.9 Å². The smallest absolute Gasteiger partial charge is 0.370 e. The number of carbonyl (C=O) groups is 2. The molecule has 1 aromatic heterocycles. The molecule has 4 N–H and O–H groups in total. The number of aliphatic carboxylic acids is 1. The lowest BCUT2D eigenvalue weighted by molar-refractivity contribution is -0.687. The van der Waals surface area contributed by atoms with Crippen LogP contribution in [0, 0.1) is 0 Å². The maximum absolute atomic E-state index is 11.3. The fourth-order valence-corrected chi connectivity index (χ4v) is 1.22. The SMILES string of the molecule is NNC(=O)c1cc(Cl)cc[n+]1CC(=O)O.[Cl-]. The summed E-state index contributed by atoms with van der Waals surface area (Å²) in [5.41, 5.74) is 2.00. The number of carboxylic acid groups (broad SMARTS) is 1. The van der Waals surface area contributed by atoms with Crippen molar-refractivity contribution in [2.24, 2.45) is 5.84 Å². The van der Waals surface area contributed by atoms with Gasteiger partial charge in [0.1, 0.15) is 0 Å². The third kappa shape index (κ3) is 3.65. The molecule has 6 nitrogen and oxygen atoms in total. The van der Waals surface area contributed by atoms with E-state index in [2.05, 4.69) is 0 Å². The highest BCUT2D eigenvalue weighted by atomic mass is 35.5.